The third kappa shape index (κ3) is 8.93. The largest absolute Gasteiger partial charge is 0.445 e. The van der Waals surface area contributed by atoms with Gasteiger partial charge in [0.25, 0.3) is 8.38 Å². The second-order valence-corrected chi connectivity index (χ2v) is 15.0. The summed E-state index contributed by atoms with van der Waals surface area (Å²) in [6, 6.07) is 9.07. The van der Waals surface area contributed by atoms with Crippen LogP contribution in [0.3, 0.4) is 0 Å². The van der Waals surface area contributed by atoms with Crippen molar-refractivity contribution < 1.29 is 27.4 Å². The van der Waals surface area contributed by atoms with Crippen molar-refractivity contribution in [3.63, 3.8) is 0 Å². The van der Waals surface area contributed by atoms with Crippen LogP contribution < -0.4 is 9.05 Å². The van der Waals surface area contributed by atoms with Crippen LogP contribution in [0.5, 0.6) is 11.5 Å². The second-order valence-electron chi connectivity index (χ2n) is 12.5. The van der Waals surface area contributed by atoms with Crippen LogP contribution in [0.1, 0.15) is 125 Å². The molecule has 0 radical (unpaired) electrons. The summed E-state index contributed by atoms with van der Waals surface area (Å²) in [4.78, 5) is 0. The molecule has 2 saturated heterocycles. The van der Waals surface area contributed by atoms with E-state index in [1.54, 1.807) is 0 Å². The standard InChI is InChI=1S/C35H54O6P2/c1-9-13-15-29-17-25(5)18-30(16-14-10-2)33(29)40-42-24-36-35(21-37-42)22-38-43(39-23-35)41-34-31(27(7)11-3)19-26(6)20-32(34)28(8)12-4/h17-20,27-28H,9-16,21-24H2,1-8H3. The molecule has 0 saturated carbocycles. The van der Waals surface area contributed by atoms with Gasteiger partial charge in [-0.3, -0.25) is 9.05 Å². The van der Waals surface area contributed by atoms with Gasteiger partial charge in [0.15, 0.2) is 0 Å². The molecule has 0 amide bonds. The lowest BCUT2D eigenvalue weighted by atomic mass is 9.88. The van der Waals surface area contributed by atoms with Gasteiger partial charge in [0.05, 0.1) is 19.8 Å². The number of hydrogen-bond acceptors (Lipinski definition) is 6. The zero-order valence-electron chi connectivity index (χ0n) is 27.8. The summed E-state index contributed by atoms with van der Waals surface area (Å²) in [5.74, 6) is 2.72. The van der Waals surface area contributed by atoms with E-state index in [9.17, 15) is 0 Å². The van der Waals surface area contributed by atoms with E-state index in [1.807, 2.05) is 0 Å². The van der Waals surface area contributed by atoms with Crippen molar-refractivity contribution in [2.75, 3.05) is 26.2 Å². The number of aryl methyl sites for hydroxylation is 4. The summed E-state index contributed by atoms with van der Waals surface area (Å²) in [7, 11) is -2.75. The first-order valence-corrected chi connectivity index (χ1v) is 18.9. The van der Waals surface area contributed by atoms with Crippen molar-refractivity contribution >= 4 is 17.0 Å². The lowest BCUT2D eigenvalue weighted by Crippen LogP contribution is -2.50. The molecule has 0 aromatic heterocycles. The third-order valence-electron chi connectivity index (χ3n) is 8.74. The average molecular weight is 633 g/mol. The van der Waals surface area contributed by atoms with Gasteiger partial charge in [-0.1, -0.05) is 89.8 Å². The Balaban J connectivity index is 1.40. The summed E-state index contributed by atoms with van der Waals surface area (Å²) in [5, 5.41) is 0. The van der Waals surface area contributed by atoms with Crippen LogP contribution in [0.25, 0.3) is 0 Å². The Morgan fingerprint density at radius 1 is 0.721 bits per heavy atom. The van der Waals surface area contributed by atoms with Gasteiger partial charge in [0.2, 0.25) is 0 Å². The maximum absolute atomic E-state index is 6.62. The van der Waals surface area contributed by atoms with Crippen LogP contribution in [0, 0.1) is 13.8 Å². The Morgan fingerprint density at radius 2 is 1.23 bits per heavy atom. The number of unbranched alkanes of at least 4 members (excludes halogenated alkanes) is 2. The predicted molar refractivity (Wildman–Crippen MR) is 179 cm³/mol. The van der Waals surface area contributed by atoms with E-state index < -0.39 is 22.6 Å². The molecule has 240 valence electrons. The van der Waals surface area contributed by atoms with Gasteiger partial charge < -0.3 is 18.3 Å². The molecule has 0 bridgehead atoms. The minimum atomic E-state index is -1.54. The number of hydrogen-bond donors (Lipinski definition) is 0. The van der Waals surface area contributed by atoms with E-state index in [4.69, 9.17) is 27.4 Å². The molecule has 0 aliphatic carbocycles. The number of rotatable bonds is 14. The summed E-state index contributed by atoms with van der Waals surface area (Å²) in [6.45, 7) is 18.9. The summed E-state index contributed by atoms with van der Waals surface area (Å²) >= 11 is 0. The van der Waals surface area contributed by atoms with Crippen LogP contribution in [0.4, 0.5) is 0 Å². The van der Waals surface area contributed by atoms with Gasteiger partial charge in [-0.2, -0.15) is 0 Å². The highest BCUT2D eigenvalue weighted by atomic mass is 31.2. The van der Waals surface area contributed by atoms with Crippen molar-refractivity contribution in [2.24, 2.45) is 0 Å². The molecule has 2 heterocycles. The Morgan fingerprint density at radius 3 is 1.70 bits per heavy atom. The van der Waals surface area contributed by atoms with Gasteiger partial charge in [-0.05, 0) is 86.5 Å². The van der Waals surface area contributed by atoms with Gasteiger partial charge >= 0.3 is 8.60 Å². The molecule has 4 rings (SSSR count). The zero-order chi connectivity index (χ0) is 31.0. The van der Waals surface area contributed by atoms with Crippen molar-refractivity contribution in [3.8, 4) is 11.5 Å². The molecule has 2 aromatic rings. The van der Waals surface area contributed by atoms with Gasteiger partial charge in [0.1, 0.15) is 23.4 Å². The Hall–Kier alpha value is -1.26. The van der Waals surface area contributed by atoms with Gasteiger partial charge in [-0.25, -0.2) is 0 Å². The van der Waals surface area contributed by atoms with Crippen LogP contribution in [0.15, 0.2) is 24.3 Å². The van der Waals surface area contributed by atoms with Crippen molar-refractivity contribution in [1.29, 1.82) is 0 Å². The lowest BCUT2D eigenvalue weighted by molar-refractivity contribution is -0.141. The molecule has 2 aliphatic heterocycles. The number of benzene rings is 2. The summed E-state index contributed by atoms with van der Waals surface area (Å²) in [5.41, 5.74) is 6.97. The van der Waals surface area contributed by atoms with Crippen molar-refractivity contribution in [2.45, 2.75) is 124 Å². The minimum Gasteiger partial charge on any atom is -0.445 e. The smallest absolute Gasteiger partial charge is 0.397 e. The molecule has 2 fully saturated rings. The van der Waals surface area contributed by atoms with Crippen LogP contribution in [0.2, 0.25) is 0 Å². The van der Waals surface area contributed by atoms with Gasteiger partial charge in [-0.15, -0.1) is 0 Å². The first-order chi connectivity index (χ1) is 20.7. The molecule has 1 spiro atoms. The maximum Gasteiger partial charge on any atom is 0.397 e. The predicted octanol–water partition coefficient (Wildman–Crippen LogP) is 10.8. The van der Waals surface area contributed by atoms with E-state index in [0.29, 0.717) is 38.0 Å². The first kappa shape index (κ1) is 34.6. The third-order valence-corrected chi connectivity index (χ3v) is 10.9. The first-order valence-electron chi connectivity index (χ1n) is 16.5. The highest BCUT2D eigenvalue weighted by Crippen LogP contribution is 2.53. The molecule has 43 heavy (non-hydrogen) atoms. The molecular formula is C35H54O6P2. The number of ether oxygens (including phenoxy) is 1. The van der Waals surface area contributed by atoms with Crippen LogP contribution in [-0.4, -0.2) is 31.8 Å². The fourth-order valence-electron chi connectivity index (χ4n) is 5.59. The van der Waals surface area contributed by atoms with Crippen LogP contribution in [-0.2, 0) is 31.1 Å². The van der Waals surface area contributed by atoms with E-state index in [0.717, 1.165) is 62.9 Å². The maximum atomic E-state index is 6.62. The SMILES string of the molecule is CCCCc1cc(C)cc(CCCC)c1OP1COC2(CO1)COP(Oc1c(C(C)CC)cc(C)cc1C(C)CC)OC2. The van der Waals surface area contributed by atoms with Crippen molar-refractivity contribution in [3.05, 3.63) is 57.6 Å². The van der Waals surface area contributed by atoms with Gasteiger partial charge in [0, 0.05) is 0 Å². The molecular weight excluding hydrogens is 578 g/mol. The Kier molecular flexibility index (Phi) is 13.2. The molecule has 0 N–H and O–H groups in total. The van der Waals surface area contributed by atoms with E-state index in [2.05, 4.69) is 79.7 Å². The molecule has 3 atom stereocenters. The average Bonchev–Trinajstić information content (AvgIpc) is 3.02. The quantitative estimate of drug-likeness (QED) is 0.193. The second kappa shape index (κ2) is 16.3. The zero-order valence-corrected chi connectivity index (χ0v) is 29.6. The topological polar surface area (TPSA) is 55.4 Å². The van der Waals surface area contributed by atoms with Crippen molar-refractivity contribution in [1.82, 2.24) is 0 Å². The van der Waals surface area contributed by atoms with E-state index in [1.165, 1.54) is 33.4 Å². The highest BCUT2D eigenvalue weighted by Gasteiger charge is 2.45. The molecule has 6 nitrogen and oxygen atoms in total. The fraction of sp³-hybridized carbons (Fsp3) is 0.657. The van der Waals surface area contributed by atoms with Crippen LogP contribution >= 0.6 is 17.0 Å². The van der Waals surface area contributed by atoms with E-state index in [-0.39, 0.29) is 0 Å². The summed E-state index contributed by atoms with van der Waals surface area (Å²) in [6.07, 6.45) is 9.11. The Bertz CT molecular complexity index is 1110. The monoisotopic (exact) mass is 632 g/mol. The normalized spacial score (nSPS) is 23.7. The van der Waals surface area contributed by atoms with E-state index >= 15 is 0 Å². The lowest BCUT2D eigenvalue weighted by Gasteiger charge is -2.42. The highest BCUT2D eigenvalue weighted by molar-refractivity contribution is 7.47. The fourth-order valence-corrected chi connectivity index (χ4v) is 8.18. The minimum absolute atomic E-state index is 0.374. The molecule has 2 aliphatic rings. The Labute approximate surface area is 263 Å². The molecule has 8 heteroatoms. The summed E-state index contributed by atoms with van der Waals surface area (Å²) < 4.78 is 38.4. The molecule has 2 aromatic carbocycles. The molecule has 3 unspecified atom stereocenters.